The van der Waals surface area contributed by atoms with Crippen LogP contribution in [0.5, 0.6) is 0 Å². The van der Waals surface area contributed by atoms with Crippen LogP contribution in [0.2, 0.25) is 0 Å². The molecule has 0 N–H and O–H groups in total. The number of carbonyl (C=O) groups excluding carboxylic acids is 1. The molecule has 1 aliphatic rings. The number of ether oxygens (including phenoxy) is 1. The number of carbonyl (C=O) groups is 1. The fraction of sp³-hybridized carbons (Fsp3) is 0.333. The van der Waals surface area contributed by atoms with Gasteiger partial charge in [0, 0.05) is 55.2 Å². The van der Waals surface area contributed by atoms with Crippen LogP contribution in [0.1, 0.15) is 19.4 Å². The van der Waals surface area contributed by atoms with Gasteiger partial charge in [-0.1, -0.05) is 44.2 Å². The van der Waals surface area contributed by atoms with Crippen LogP contribution in [-0.4, -0.2) is 40.3 Å². The number of pyridine rings is 1. The molecule has 0 bridgehead atoms. The van der Waals surface area contributed by atoms with E-state index in [0.29, 0.717) is 5.56 Å². The van der Waals surface area contributed by atoms with Crippen molar-refractivity contribution >= 4 is 11.9 Å². The smallest absolute Gasteiger partial charge is 0.356 e. The van der Waals surface area contributed by atoms with E-state index in [1.807, 2.05) is 0 Å². The first-order valence-corrected chi connectivity index (χ1v) is 10.5. The number of rotatable bonds is 4. The first kappa shape index (κ1) is 23.6. The molecule has 0 spiro atoms. The molecule has 1 aliphatic heterocycles. The summed E-state index contributed by atoms with van der Waals surface area (Å²) in [5.41, 5.74) is -4.05. The summed E-state index contributed by atoms with van der Waals surface area (Å²) in [6.07, 6.45) is -2.07. The summed E-state index contributed by atoms with van der Waals surface area (Å²) in [5.74, 6) is -1.53. The largest absolute Gasteiger partial charge is 0.430 e. The molecule has 0 aliphatic carbocycles. The first-order chi connectivity index (χ1) is 16.0. The second kappa shape index (κ2) is 8.35. The van der Waals surface area contributed by atoms with Crippen molar-refractivity contribution in [1.29, 1.82) is 0 Å². The van der Waals surface area contributed by atoms with E-state index in [-0.39, 0.29) is 30.3 Å². The van der Waals surface area contributed by atoms with Gasteiger partial charge >= 0.3 is 6.18 Å². The molecule has 2 aromatic heterocycles. The minimum absolute atomic E-state index is 0.0912. The van der Waals surface area contributed by atoms with Gasteiger partial charge in [0.1, 0.15) is 0 Å². The maximum absolute atomic E-state index is 14.6. The Morgan fingerprint density at radius 1 is 1.06 bits per heavy atom. The van der Waals surface area contributed by atoms with Crippen molar-refractivity contribution < 1.29 is 22.7 Å². The molecule has 7 nitrogen and oxygen atoms in total. The number of fused-ring (bicyclic) bond motifs is 1. The molecular weight excluding hydrogens is 449 g/mol. The Morgan fingerprint density at radius 2 is 1.71 bits per heavy atom. The number of aromatic nitrogens is 3. The maximum atomic E-state index is 14.6. The van der Waals surface area contributed by atoms with Gasteiger partial charge in [-0.05, 0) is 12.1 Å². The van der Waals surface area contributed by atoms with E-state index >= 15 is 0 Å². The maximum Gasteiger partial charge on any atom is 0.430 e. The van der Waals surface area contributed by atoms with Crippen molar-refractivity contribution in [2.24, 2.45) is 5.41 Å². The van der Waals surface area contributed by atoms with Gasteiger partial charge in [-0.15, -0.1) is 0 Å². The third-order valence-electron chi connectivity index (χ3n) is 5.81. The number of nitrogens with zero attached hydrogens (tertiary/aromatic N) is 4. The average molecular weight is 472 g/mol. The second-order valence-corrected chi connectivity index (χ2v) is 8.91. The van der Waals surface area contributed by atoms with Crippen molar-refractivity contribution in [1.82, 2.24) is 14.5 Å². The van der Waals surface area contributed by atoms with Crippen molar-refractivity contribution in [3.63, 3.8) is 0 Å². The summed E-state index contributed by atoms with van der Waals surface area (Å²) in [4.78, 5) is 36.1. The molecule has 0 radical (unpaired) electrons. The highest BCUT2D eigenvalue weighted by molar-refractivity contribution is 6.00. The average Bonchev–Trinajstić information content (AvgIpc) is 2.80. The molecule has 0 saturated carbocycles. The molecule has 0 saturated heterocycles. The van der Waals surface area contributed by atoms with Crippen LogP contribution in [0.15, 0.2) is 65.7 Å². The topological polar surface area (TPSA) is 77.3 Å². The predicted octanol–water partition coefficient (Wildman–Crippen LogP) is 3.78. The van der Waals surface area contributed by atoms with Gasteiger partial charge in [0.15, 0.2) is 0 Å². The van der Waals surface area contributed by atoms with Crippen LogP contribution >= 0.6 is 0 Å². The molecule has 1 atom stereocenters. The molecule has 0 fully saturated rings. The Balaban J connectivity index is 1.95. The van der Waals surface area contributed by atoms with Crippen LogP contribution in [0.3, 0.4) is 0 Å². The van der Waals surface area contributed by atoms with Gasteiger partial charge < -0.3 is 4.74 Å². The van der Waals surface area contributed by atoms with Gasteiger partial charge in [0.25, 0.3) is 17.1 Å². The van der Waals surface area contributed by atoms with E-state index in [2.05, 4.69) is 9.97 Å². The molecule has 1 aromatic carbocycles. The summed E-state index contributed by atoms with van der Waals surface area (Å²) in [6, 6.07) is 11.3. The third-order valence-corrected chi connectivity index (χ3v) is 5.81. The van der Waals surface area contributed by atoms with Gasteiger partial charge in [-0.3, -0.25) is 24.0 Å². The van der Waals surface area contributed by atoms with E-state index < -0.39 is 28.7 Å². The normalized spacial score (nSPS) is 17.1. The Bertz CT molecular complexity index is 1260. The number of alkyl halides is 3. The Kier molecular flexibility index (Phi) is 5.80. The zero-order valence-electron chi connectivity index (χ0n) is 18.8. The number of hydrogen-bond donors (Lipinski definition) is 0. The molecule has 10 heteroatoms. The Labute approximate surface area is 193 Å². The van der Waals surface area contributed by atoms with Crippen LogP contribution in [0, 0.1) is 5.41 Å². The Morgan fingerprint density at radius 3 is 2.29 bits per heavy atom. The standard InChI is InChI=1S/C24H23F3N4O3/c1-22(2)14-30-19(32)13-18(16-9-11-28-12-10-16)29-21(30)31(15-22)20(33)23(34-3,24(25,26)27)17-7-5-4-6-8-17/h4-13H,14-15H2,1-3H3. The van der Waals surface area contributed by atoms with E-state index in [9.17, 15) is 22.8 Å². The number of methoxy groups -OCH3 is 1. The lowest BCUT2D eigenvalue weighted by atomic mass is 9.87. The number of benzene rings is 1. The lowest BCUT2D eigenvalue weighted by molar-refractivity contribution is -0.264. The minimum Gasteiger partial charge on any atom is -0.356 e. The summed E-state index contributed by atoms with van der Waals surface area (Å²) in [5, 5.41) is 0. The molecule has 178 valence electrons. The summed E-state index contributed by atoms with van der Waals surface area (Å²) in [6.45, 7) is 3.63. The minimum atomic E-state index is -5.09. The van der Waals surface area contributed by atoms with Gasteiger partial charge in [-0.2, -0.15) is 13.2 Å². The zero-order chi connectivity index (χ0) is 24.7. The van der Waals surface area contributed by atoms with Crippen molar-refractivity contribution in [2.45, 2.75) is 32.2 Å². The number of amides is 1. The zero-order valence-corrected chi connectivity index (χ0v) is 18.8. The highest BCUT2D eigenvalue weighted by atomic mass is 19.4. The van der Waals surface area contributed by atoms with Crippen LogP contribution in [0.4, 0.5) is 19.1 Å². The van der Waals surface area contributed by atoms with Crippen LogP contribution in [-0.2, 0) is 21.7 Å². The van der Waals surface area contributed by atoms with E-state index in [1.54, 1.807) is 32.0 Å². The van der Waals surface area contributed by atoms with Crippen molar-refractivity contribution in [3.8, 4) is 11.3 Å². The first-order valence-electron chi connectivity index (χ1n) is 10.5. The fourth-order valence-electron chi connectivity index (χ4n) is 4.25. The molecule has 34 heavy (non-hydrogen) atoms. The molecule has 1 amide bonds. The van der Waals surface area contributed by atoms with Gasteiger partial charge in [-0.25, -0.2) is 4.98 Å². The number of anilines is 1. The second-order valence-electron chi connectivity index (χ2n) is 8.91. The highest BCUT2D eigenvalue weighted by Gasteiger charge is 2.64. The van der Waals surface area contributed by atoms with Gasteiger partial charge in [0.2, 0.25) is 5.95 Å². The number of halogens is 3. The lowest BCUT2D eigenvalue weighted by Crippen LogP contribution is -2.61. The molecular formula is C24H23F3N4O3. The summed E-state index contributed by atoms with van der Waals surface area (Å²) < 4.78 is 50.0. The molecule has 1 unspecified atom stereocenters. The summed E-state index contributed by atoms with van der Waals surface area (Å²) in [7, 11) is 0.849. The van der Waals surface area contributed by atoms with Crippen LogP contribution in [0.25, 0.3) is 11.3 Å². The Hall–Kier alpha value is -3.53. The van der Waals surface area contributed by atoms with E-state index in [0.717, 1.165) is 12.0 Å². The predicted molar refractivity (Wildman–Crippen MR) is 119 cm³/mol. The van der Waals surface area contributed by atoms with Crippen LogP contribution < -0.4 is 10.5 Å². The number of hydrogen-bond acceptors (Lipinski definition) is 5. The van der Waals surface area contributed by atoms with Crippen molar-refractivity contribution in [2.75, 3.05) is 18.6 Å². The fourth-order valence-corrected chi connectivity index (χ4v) is 4.25. The van der Waals surface area contributed by atoms with E-state index in [1.165, 1.54) is 47.3 Å². The molecule has 3 heterocycles. The molecule has 4 rings (SSSR count). The third kappa shape index (κ3) is 3.87. The van der Waals surface area contributed by atoms with Crippen molar-refractivity contribution in [3.05, 3.63) is 76.8 Å². The summed E-state index contributed by atoms with van der Waals surface area (Å²) >= 11 is 0. The quantitative estimate of drug-likeness (QED) is 0.578. The van der Waals surface area contributed by atoms with Gasteiger partial charge in [0.05, 0.1) is 5.69 Å². The highest BCUT2D eigenvalue weighted by Crippen LogP contribution is 2.45. The molecule has 3 aromatic rings. The van der Waals surface area contributed by atoms with E-state index in [4.69, 9.17) is 4.74 Å². The monoisotopic (exact) mass is 472 g/mol. The SMILES string of the molecule is COC(C(=O)N1CC(C)(C)Cn2c1nc(-c1ccncc1)cc2=O)(c1ccccc1)C(F)(F)F. The lowest BCUT2D eigenvalue weighted by Gasteiger charge is -2.43.